The van der Waals surface area contributed by atoms with Crippen molar-refractivity contribution in [1.82, 2.24) is 15.2 Å². The van der Waals surface area contributed by atoms with Gasteiger partial charge in [-0.15, -0.1) is 10.2 Å². The van der Waals surface area contributed by atoms with Gasteiger partial charge in [0.15, 0.2) is 10.1 Å². The molecule has 0 bridgehead atoms. The maximum absolute atomic E-state index is 14.8. The Labute approximate surface area is 230 Å². The second-order valence-electron chi connectivity index (χ2n) is 8.39. The number of allylic oxidation sites excluding steroid dienone is 3. The lowest BCUT2D eigenvalue weighted by Gasteiger charge is -2.38. The maximum Gasteiger partial charge on any atom is 0.235 e. The number of pyridine rings is 1. The van der Waals surface area contributed by atoms with Gasteiger partial charge in [0, 0.05) is 29.5 Å². The predicted octanol–water partition coefficient (Wildman–Crippen LogP) is 4.76. The van der Waals surface area contributed by atoms with E-state index in [0.717, 1.165) is 0 Å². The van der Waals surface area contributed by atoms with E-state index in [1.54, 1.807) is 35.2 Å². The molecule has 1 aromatic carbocycles. The summed E-state index contributed by atoms with van der Waals surface area (Å²) in [6, 6.07) is 11.4. The van der Waals surface area contributed by atoms with Crippen LogP contribution < -0.4 is 16.0 Å². The average molecular weight is 568 g/mol. The summed E-state index contributed by atoms with van der Waals surface area (Å²) >= 11 is 8.16. The summed E-state index contributed by atoms with van der Waals surface area (Å²) in [6.45, 7) is 0. The van der Waals surface area contributed by atoms with Gasteiger partial charge in [-0.05, 0) is 31.0 Å². The van der Waals surface area contributed by atoms with Crippen LogP contribution in [0.15, 0.2) is 69.6 Å². The average Bonchev–Trinajstić information content (AvgIpc) is 3.37. The minimum absolute atomic E-state index is 0.0511. The Morgan fingerprint density at radius 1 is 1.29 bits per heavy atom. The molecule has 1 atom stereocenters. The van der Waals surface area contributed by atoms with Crippen LogP contribution in [0.25, 0.3) is 0 Å². The van der Waals surface area contributed by atoms with E-state index >= 15 is 0 Å². The first-order chi connectivity index (χ1) is 18.4. The number of rotatable bonds is 6. The van der Waals surface area contributed by atoms with Crippen molar-refractivity contribution < 1.29 is 14.0 Å². The van der Waals surface area contributed by atoms with E-state index in [9.17, 15) is 19.2 Å². The molecule has 2 aliphatic rings. The van der Waals surface area contributed by atoms with Gasteiger partial charge in [-0.3, -0.25) is 14.5 Å². The molecule has 1 unspecified atom stereocenters. The monoisotopic (exact) mass is 567 g/mol. The number of aromatic nitrogens is 3. The second kappa shape index (κ2) is 10.9. The number of nitriles is 1. The number of hydrogen-bond acceptors (Lipinski definition) is 10. The Kier molecular flexibility index (Phi) is 7.42. The summed E-state index contributed by atoms with van der Waals surface area (Å²) in [6.07, 6.45) is 2.82. The third kappa shape index (κ3) is 5.00. The molecule has 1 aliphatic heterocycles. The zero-order chi connectivity index (χ0) is 26.8. The maximum atomic E-state index is 14.8. The van der Waals surface area contributed by atoms with E-state index in [-0.39, 0.29) is 34.4 Å². The van der Waals surface area contributed by atoms with Crippen molar-refractivity contribution >= 4 is 57.3 Å². The molecule has 0 radical (unpaired) electrons. The first-order valence-corrected chi connectivity index (χ1v) is 13.6. The highest BCUT2D eigenvalue weighted by Gasteiger charge is 2.42. The van der Waals surface area contributed by atoms with Gasteiger partial charge in [-0.1, -0.05) is 52.9 Å². The number of amides is 1. The number of nitrogens with two attached hydrogens (primary N) is 1. The molecular weight excluding hydrogens is 549 g/mol. The summed E-state index contributed by atoms with van der Waals surface area (Å²) < 4.78 is 15.3. The van der Waals surface area contributed by atoms with Gasteiger partial charge in [0.05, 0.1) is 28.3 Å². The first kappa shape index (κ1) is 25.8. The number of ketones is 1. The molecule has 3 aromatic rings. The summed E-state index contributed by atoms with van der Waals surface area (Å²) in [5.41, 5.74) is 7.73. The Bertz CT molecular complexity index is 1530. The summed E-state index contributed by atoms with van der Waals surface area (Å²) in [5.74, 6) is -1.36. The smallest absolute Gasteiger partial charge is 0.235 e. The van der Waals surface area contributed by atoms with E-state index in [2.05, 4.69) is 26.6 Å². The SMILES string of the molecule is N#CC1=C(N)N(c2nnc(SCC(=O)Nc3ccc(Cl)cn3)s2)C2=C(C(=O)CCC2)C1c1ccccc1F. The van der Waals surface area contributed by atoms with Gasteiger partial charge in [-0.2, -0.15) is 5.26 Å². The van der Waals surface area contributed by atoms with Gasteiger partial charge in [-0.25, -0.2) is 9.37 Å². The third-order valence-corrected chi connectivity index (χ3v) is 8.30. The van der Waals surface area contributed by atoms with Crippen LogP contribution in [0.1, 0.15) is 30.7 Å². The van der Waals surface area contributed by atoms with E-state index in [4.69, 9.17) is 17.3 Å². The van der Waals surface area contributed by atoms with Crippen LogP contribution in [-0.4, -0.2) is 32.6 Å². The number of Topliss-reactive ketones (excluding diaryl/α,β-unsaturated/α-hetero) is 1. The molecule has 13 heteroatoms. The Balaban J connectivity index is 1.42. The number of nitrogens with one attached hydrogen (secondary N) is 1. The molecule has 38 heavy (non-hydrogen) atoms. The van der Waals surface area contributed by atoms with E-state index in [0.29, 0.717) is 50.8 Å². The molecular formula is C25H19ClFN7O2S2. The molecule has 9 nitrogen and oxygen atoms in total. The summed E-state index contributed by atoms with van der Waals surface area (Å²) in [4.78, 5) is 31.1. The van der Waals surface area contributed by atoms with Crippen molar-refractivity contribution in [2.75, 3.05) is 16.0 Å². The van der Waals surface area contributed by atoms with Crippen molar-refractivity contribution in [3.05, 3.63) is 81.7 Å². The van der Waals surface area contributed by atoms with Crippen LogP contribution in [0, 0.1) is 17.1 Å². The molecule has 192 valence electrons. The van der Waals surface area contributed by atoms with Crippen molar-refractivity contribution in [2.45, 2.75) is 29.5 Å². The number of carbonyl (C=O) groups excluding carboxylic acids is 2. The number of anilines is 2. The molecule has 3 heterocycles. The zero-order valence-corrected chi connectivity index (χ0v) is 22.0. The van der Waals surface area contributed by atoms with Crippen molar-refractivity contribution in [3.8, 4) is 6.07 Å². The van der Waals surface area contributed by atoms with Crippen molar-refractivity contribution in [2.24, 2.45) is 5.73 Å². The molecule has 5 rings (SSSR count). The molecule has 1 aliphatic carbocycles. The van der Waals surface area contributed by atoms with Crippen LogP contribution >= 0.6 is 34.7 Å². The second-order valence-corrected chi connectivity index (χ2v) is 11.0. The fraction of sp³-hybridized carbons (Fsp3) is 0.200. The Hall–Kier alpha value is -3.79. The zero-order valence-electron chi connectivity index (χ0n) is 19.6. The molecule has 0 saturated heterocycles. The summed E-state index contributed by atoms with van der Waals surface area (Å²) in [5, 5.41) is 21.9. The first-order valence-electron chi connectivity index (χ1n) is 11.5. The lowest BCUT2D eigenvalue weighted by Crippen LogP contribution is -2.38. The highest BCUT2D eigenvalue weighted by atomic mass is 35.5. The third-order valence-electron chi connectivity index (χ3n) is 6.04. The topological polar surface area (TPSA) is 138 Å². The van der Waals surface area contributed by atoms with Gasteiger partial charge in [0.25, 0.3) is 0 Å². The minimum Gasteiger partial charge on any atom is -0.384 e. The van der Waals surface area contributed by atoms with Crippen LogP contribution in [0.3, 0.4) is 0 Å². The number of carbonyl (C=O) groups is 2. The molecule has 1 amide bonds. The number of nitrogens with zero attached hydrogens (tertiary/aromatic N) is 5. The van der Waals surface area contributed by atoms with E-state index < -0.39 is 11.7 Å². The number of benzene rings is 1. The van der Waals surface area contributed by atoms with Gasteiger partial charge in [0.1, 0.15) is 17.5 Å². The van der Waals surface area contributed by atoms with E-state index in [1.165, 1.54) is 35.4 Å². The van der Waals surface area contributed by atoms with Gasteiger partial charge in [0.2, 0.25) is 11.0 Å². The van der Waals surface area contributed by atoms with Gasteiger partial charge < -0.3 is 11.1 Å². The lowest BCUT2D eigenvalue weighted by atomic mass is 9.75. The number of thioether (sulfide) groups is 1. The molecule has 0 spiro atoms. The predicted molar refractivity (Wildman–Crippen MR) is 143 cm³/mol. The quantitative estimate of drug-likeness (QED) is 0.404. The lowest BCUT2D eigenvalue weighted by molar-refractivity contribution is -0.116. The highest BCUT2D eigenvalue weighted by molar-refractivity contribution is 8.01. The molecule has 0 fully saturated rings. The Morgan fingerprint density at radius 3 is 2.84 bits per heavy atom. The van der Waals surface area contributed by atoms with Gasteiger partial charge >= 0.3 is 0 Å². The van der Waals surface area contributed by atoms with Crippen LogP contribution in [0.4, 0.5) is 15.3 Å². The largest absolute Gasteiger partial charge is 0.384 e. The van der Waals surface area contributed by atoms with Crippen LogP contribution in [0.2, 0.25) is 5.02 Å². The fourth-order valence-corrected chi connectivity index (χ4v) is 6.22. The van der Waals surface area contributed by atoms with Crippen LogP contribution in [0.5, 0.6) is 0 Å². The fourth-order valence-electron chi connectivity index (χ4n) is 4.43. The van der Waals surface area contributed by atoms with E-state index in [1.807, 2.05) is 0 Å². The molecule has 0 saturated carbocycles. The standard InChI is InChI=1S/C25H19ClFN7O2S2/c26-13-8-9-19(30-11-13)31-20(36)12-37-25-33-32-24(38-25)34-17-6-3-7-18(35)22(17)21(15(10-28)23(34)29)14-4-1-2-5-16(14)27/h1-2,4-5,8-9,11,21H,3,6-7,12,29H2,(H,30,31,36). The number of hydrogen-bond donors (Lipinski definition) is 2. The minimum atomic E-state index is -0.896. The van der Waals surface area contributed by atoms with Crippen LogP contribution in [-0.2, 0) is 9.59 Å². The van der Waals surface area contributed by atoms with Crippen molar-refractivity contribution in [1.29, 1.82) is 5.26 Å². The molecule has 2 aromatic heterocycles. The van der Waals surface area contributed by atoms with Crippen molar-refractivity contribution in [3.63, 3.8) is 0 Å². The normalized spacial score (nSPS) is 17.3. The number of halogens is 2. The molecule has 3 N–H and O–H groups in total. The Morgan fingerprint density at radius 2 is 2.11 bits per heavy atom. The highest BCUT2D eigenvalue weighted by Crippen LogP contribution is 2.47. The summed E-state index contributed by atoms with van der Waals surface area (Å²) in [7, 11) is 0.